The molecule has 0 aliphatic carbocycles. The second kappa shape index (κ2) is 8.67. The van der Waals surface area contributed by atoms with Crippen molar-refractivity contribution in [2.24, 2.45) is 0 Å². The van der Waals surface area contributed by atoms with Crippen LogP contribution in [0.15, 0.2) is 48.7 Å². The minimum atomic E-state index is -0.879. The average Bonchev–Trinajstić information content (AvgIpc) is 2.62. The number of nitrogens with one attached hydrogen (secondary N) is 1. The Morgan fingerprint density at radius 1 is 1.17 bits per heavy atom. The van der Waals surface area contributed by atoms with Gasteiger partial charge in [-0.15, -0.1) is 0 Å². The highest BCUT2D eigenvalue weighted by atomic mass is 16.5. The second-order valence-electron chi connectivity index (χ2n) is 5.16. The number of ether oxygens (including phenoxy) is 2. The van der Waals surface area contributed by atoms with E-state index in [1.165, 1.54) is 26.3 Å². The lowest BCUT2D eigenvalue weighted by Crippen LogP contribution is -2.36. The number of rotatable bonds is 7. The number of esters is 1. The first-order chi connectivity index (χ1) is 11.6. The quantitative estimate of drug-likeness (QED) is 0.787. The summed E-state index contributed by atoms with van der Waals surface area (Å²) in [5.74, 6) is -0.533. The van der Waals surface area contributed by atoms with E-state index in [2.05, 4.69) is 10.3 Å². The first kappa shape index (κ1) is 17.5. The SMILES string of the molecule is COc1ccc(C(=O)O[C@H](C)C(=O)NCCc2ccccc2)cn1. The molecule has 1 atom stereocenters. The van der Waals surface area contributed by atoms with Crippen LogP contribution < -0.4 is 10.1 Å². The van der Waals surface area contributed by atoms with Crippen LogP contribution in [0.2, 0.25) is 0 Å². The lowest BCUT2D eigenvalue weighted by molar-refractivity contribution is -0.129. The Bertz CT molecular complexity index is 671. The van der Waals surface area contributed by atoms with Crippen molar-refractivity contribution >= 4 is 11.9 Å². The van der Waals surface area contributed by atoms with Crippen LogP contribution in [0.3, 0.4) is 0 Å². The van der Waals surface area contributed by atoms with E-state index in [1.807, 2.05) is 30.3 Å². The molecule has 2 rings (SSSR count). The van der Waals surface area contributed by atoms with Crippen LogP contribution in [0.5, 0.6) is 5.88 Å². The maximum Gasteiger partial charge on any atom is 0.340 e. The van der Waals surface area contributed by atoms with Gasteiger partial charge in [-0.05, 0) is 25.0 Å². The van der Waals surface area contributed by atoms with Gasteiger partial charge in [0, 0.05) is 18.8 Å². The summed E-state index contributed by atoms with van der Waals surface area (Å²) in [5.41, 5.74) is 1.39. The van der Waals surface area contributed by atoms with Crippen molar-refractivity contribution in [3.63, 3.8) is 0 Å². The number of amides is 1. The van der Waals surface area contributed by atoms with E-state index in [0.29, 0.717) is 12.4 Å². The van der Waals surface area contributed by atoms with Crippen LogP contribution in [-0.2, 0) is 16.0 Å². The summed E-state index contributed by atoms with van der Waals surface area (Å²) in [7, 11) is 1.49. The Morgan fingerprint density at radius 2 is 1.92 bits per heavy atom. The summed E-state index contributed by atoms with van der Waals surface area (Å²) >= 11 is 0. The largest absolute Gasteiger partial charge is 0.481 e. The van der Waals surface area contributed by atoms with Gasteiger partial charge < -0.3 is 14.8 Å². The molecular weight excluding hydrogens is 308 g/mol. The lowest BCUT2D eigenvalue weighted by Gasteiger charge is -2.13. The molecule has 6 nitrogen and oxygen atoms in total. The molecule has 1 heterocycles. The van der Waals surface area contributed by atoms with Gasteiger partial charge in [0.25, 0.3) is 5.91 Å². The van der Waals surface area contributed by atoms with Crippen LogP contribution in [-0.4, -0.2) is 36.6 Å². The number of benzene rings is 1. The van der Waals surface area contributed by atoms with Gasteiger partial charge in [0.15, 0.2) is 6.10 Å². The highest BCUT2D eigenvalue weighted by Gasteiger charge is 2.18. The Balaban J connectivity index is 1.78. The number of hydrogen-bond donors (Lipinski definition) is 1. The van der Waals surface area contributed by atoms with E-state index in [1.54, 1.807) is 6.07 Å². The Labute approximate surface area is 140 Å². The predicted octanol–water partition coefficient (Wildman–Crippen LogP) is 1.99. The molecule has 2 aromatic rings. The van der Waals surface area contributed by atoms with E-state index < -0.39 is 12.1 Å². The standard InChI is InChI=1S/C18H20N2O4/c1-13(17(21)19-11-10-14-6-4-3-5-7-14)24-18(22)15-8-9-16(23-2)20-12-15/h3-9,12-13H,10-11H2,1-2H3,(H,19,21)/t13-/m1/s1. The van der Waals surface area contributed by atoms with Crippen LogP contribution in [0, 0.1) is 0 Å². The molecule has 6 heteroatoms. The van der Waals surface area contributed by atoms with E-state index in [-0.39, 0.29) is 11.5 Å². The summed E-state index contributed by atoms with van der Waals surface area (Å²) in [6.07, 6.45) is 1.19. The molecule has 1 amide bonds. The van der Waals surface area contributed by atoms with E-state index in [4.69, 9.17) is 9.47 Å². The summed E-state index contributed by atoms with van der Waals surface area (Å²) in [4.78, 5) is 27.9. The zero-order valence-corrected chi connectivity index (χ0v) is 13.7. The number of carbonyl (C=O) groups excluding carboxylic acids is 2. The van der Waals surface area contributed by atoms with E-state index in [9.17, 15) is 9.59 Å². The summed E-state index contributed by atoms with van der Waals surface area (Å²) in [5, 5.41) is 2.75. The molecule has 0 unspecified atom stereocenters. The third kappa shape index (κ3) is 5.08. The molecule has 0 aliphatic rings. The Kier molecular flexibility index (Phi) is 6.31. The number of aromatic nitrogens is 1. The van der Waals surface area contributed by atoms with Gasteiger partial charge in [0.05, 0.1) is 12.7 Å². The zero-order valence-electron chi connectivity index (χ0n) is 13.7. The van der Waals surface area contributed by atoms with Crippen LogP contribution in [0.25, 0.3) is 0 Å². The summed E-state index contributed by atoms with van der Waals surface area (Å²) < 4.78 is 10.1. The van der Waals surface area contributed by atoms with E-state index >= 15 is 0 Å². The van der Waals surface area contributed by atoms with Crippen molar-refractivity contribution in [1.29, 1.82) is 0 Å². The van der Waals surface area contributed by atoms with Crippen molar-refractivity contribution in [2.45, 2.75) is 19.4 Å². The van der Waals surface area contributed by atoms with Crippen molar-refractivity contribution in [3.8, 4) is 5.88 Å². The molecule has 1 N–H and O–H groups in total. The average molecular weight is 328 g/mol. The molecule has 0 aliphatic heterocycles. The number of carbonyl (C=O) groups is 2. The minimum Gasteiger partial charge on any atom is -0.481 e. The monoisotopic (exact) mass is 328 g/mol. The Morgan fingerprint density at radius 3 is 2.54 bits per heavy atom. The highest BCUT2D eigenvalue weighted by Crippen LogP contribution is 2.09. The van der Waals surface area contributed by atoms with Gasteiger partial charge >= 0.3 is 5.97 Å². The second-order valence-corrected chi connectivity index (χ2v) is 5.16. The van der Waals surface area contributed by atoms with Crippen LogP contribution >= 0.6 is 0 Å². The minimum absolute atomic E-state index is 0.264. The number of nitrogens with zero attached hydrogens (tertiary/aromatic N) is 1. The van der Waals surface area contributed by atoms with Gasteiger partial charge in [-0.3, -0.25) is 4.79 Å². The van der Waals surface area contributed by atoms with E-state index in [0.717, 1.165) is 12.0 Å². The number of hydrogen-bond acceptors (Lipinski definition) is 5. The summed E-state index contributed by atoms with van der Waals surface area (Å²) in [6.45, 7) is 2.02. The number of pyridine rings is 1. The molecule has 0 radical (unpaired) electrons. The zero-order chi connectivity index (χ0) is 17.4. The third-order valence-corrected chi connectivity index (χ3v) is 3.39. The fourth-order valence-electron chi connectivity index (χ4n) is 2.02. The van der Waals surface area contributed by atoms with Crippen LogP contribution in [0.4, 0.5) is 0 Å². The molecule has 1 aromatic heterocycles. The van der Waals surface area contributed by atoms with Gasteiger partial charge in [-0.2, -0.15) is 0 Å². The molecule has 0 spiro atoms. The van der Waals surface area contributed by atoms with Crippen LogP contribution in [0.1, 0.15) is 22.8 Å². The maximum absolute atomic E-state index is 12.0. The molecular formula is C18H20N2O4. The van der Waals surface area contributed by atoms with Gasteiger partial charge in [0.2, 0.25) is 5.88 Å². The normalized spacial score (nSPS) is 11.4. The van der Waals surface area contributed by atoms with Gasteiger partial charge in [-0.1, -0.05) is 30.3 Å². The molecule has 0 fully saturated rings. The van der Waals surface area contributed by atoms with Gasteiger partial charge in [0.1, 0.15) is 0 Å². The molecule has 24 heavy (non-hydrogen) atoms. The highest BCUT2D eigenvalue weighted by molar-refractivity contribution is 5.91. The Hall–Kier alpha value is -2.89. The van der Waals surface area contributed by atoms with Gasteiger partial charge in [-0.25, -0.2) is 9.78 Å². The first-order valence-corrected chi connectivity index (χ1v) is 7.63. The van der Waals surface area contributed by atoms with Crippen molar-refractivity contribution in [2.75, 3.05) is 13.7 Å². The smallest absolute Gasteiger partial charge is 0.340 e. The molecule has 126 valence electrons. The van der Waals surface area contributed by atoms with Crippen molar-refractivity contribution in [1.82, 2.24) is 10.3 Å². The number of methoxy groups -OCH3 is 1. The third-order valence-electron chi connectivity index (χ3n) is 3.39. The fourth-order valence-corrected chi connectivity index (χ4v) is 2.02. The van der Waals surface area contributed by atoms with Crippen molar-refractivity contribution < 1.29 is 19.1 Å². The van der Waals surface area contributed by atoms with Crippen molar-refractivity contribution in [3.05, 3.63) is 59.8 Å². The summed E-state index contributed by atoms with van der Waals surface area (Å²) in [6, 6.07) is 12.9. The fraction of sp³-hybridized carbons (Fsp3) is 0.278. The molecule has 0 bridgehead atoms. The molecule has 1 aromatic carbocycles. The molecule has 0 saturated carbocycles. The maximum atomic E-state index is 12.0. The molecule has 0 saturated heterocycles. The first-order valence-electron chi connectivity index (χ1n) is 7.63. The predicted molar refractivity (Wildman–Crippen MR) is 88.8 cm³/mol. The topological polar surface area (TPSA) is 77.5 Å². The lowest BCUT2D eigenvalue weighted by atomic mass is 10.1.